The summed E-state index contributed by atoms with van der Waals surface area (Å²) in [5.74, 6) is 0.0781. The number of hydrogen-bond donors (Lipinski definition) is 1. The molecule has 0 fully saturated rings. The van der Waals surface area contributed by atoms with Gasteiger partial charge in [0.25, 0.3) is 0 Å². The fraction of sp³-hybridized carbons (Fsp3) is 0.941. The van der Waals surface area contributed by atoms with Crippen molar-refractivity contribution in [3.8, 4) is 0 Å². The molecule has 0 radical (unpaired) electrons. The van der Waals surface area contributed by atoms with Gasteiger partial charge >= 0.3 is 5.97 Å². The van der Waals surface area contributed by atoms with Gasteiger partial charge in [0.2, 0.25) is 0 Å². The molecule has 0 amide bonds. The fourth-order valence-corrected chi connectivity index (χ4v) is 1.26. The molecule has 0 aromatic heterocycles. The molecule has 4 heteroatoms. The SMILES string of the molecule is CC(C)(C)OOC(C)(C)C.CC(C)CCCCCC(=O)O. The Morgan fingerprint density at radius 1 is 0.905 bits per heavy atom. The average molecular weight is 304 g/mol. The second kappa shape index (κ2) is 11.0. The molecule has 0 aliphatic rings. The lowest BCUT2D eigenvalue weighted by molar-refractivity contribution is -0.393. The normalized spacial score (nSPS) is 12.0. The highest BCUT2D eigenvalue weighted by molar-refractivity contribution is 5.66. The molecular weight excluding hydrogens is 268 g/mol. The number of unbranched alkanes of at least 4 members (excludes halogenated alkanes) is 2. The first-order valence-corrected chi connectivity index (χ1v) is 7.92. The number of rotatable bonds is 7. The van der Waals surface area contributed by atoms with Gasteiger partial charge in [0.15, 0.2) is 0 Å². The highest BCUT2D eigenvalue weighted by atomic mass is 17.2. The first-order chi connectivity index (χ1) is 9.33. The van der Waals surface area contributed by atoms with E-state index in [1.54, 1.807) is 0 Å². The second-order valence-corrected chi connectivity index (χ2v) is 7.78. The Hall–Kier alpha value is -0.610. The van der Waals surface area contributed by atoms with Crippen molar-refractivity contribution in [1.82, 2.24) is 0 Å². The number of carboxylic acid groups (broad SMARTS) is 1. The van der Waals surface area contributed by atoms with Gasteiger partial charge in [-0.3, -0.25) is 4.79 Å². The van der Waals surface area contributed by atoms with Crippen molar-refractivity contribution in [3.05, 3.63) is 0 Å². The molecule has 0 saturated carbocycles. The topological polar surface area (TPSA) is 55.8 Å². The third-order valence-electron chi connectivity index (χ3n) is 2.21. The maximum Gasteiger partial charge on any atom is 0.303 e. The largest absolute Gasteiger partial charge is 0.481 e. The zero-order valence-corrected chi connectivity index (χ0v) is 15.3. The molecule has 0 heterocycles. The lowest BCUT2D eigenvalue weighted by Crippen LogP contribution is -2.27. The van der Waals surface area contributed by atoms with E-state index < -0.39 is 5.97 Å². The van der Waals surface area contributed by atoms with Gasteiger partial charge in [0.1, 0.15) is 0 Å². The van der Waals surface area contributed by atoms with Crippen LogP contribution in [0.15, 0.2) is 0 Å². The van der Waals surface area contributed by atoms with Gasteiger partial charge in [-0.25, -0.2) is 9.78 Å². The van der Waals surface area contributed by atoms with Gasteiger partial charge in [-0.15, -0.1) is 0 Å². The summed E-state index contributed by atoms with van der Waals surface area (Å²) in [6.45, 7) is 16.1. The summed E-state index contributed by atoms with van der Waals surface area (Å²) in [5.41, 5.74) is -0.430. The van der Waals surface area contributed by atoms with E-state index in [1.807, 2.05) is 41.5 Å². The molecule has 0 bridgehead atoms. The zero-order valence-electron chi connectivity index (χ0n) is 15.3. The number of carboxylic acids is 1. The minimum Gasteiger partial charge on any atom is -0.481 e. The van der Waals surface area contributed by atoms with Crippen molar-refractivity contribution in [1.29, 1.82) is 0 Å². The first kappa shape index (κ1) is 22.7. The van der Waals surface area contributed by atoms with E-state index >= 15 is 0 Å². The first-order valence-electron chi connectivity index (χ1n) is 7.92. The minimum atomic E-state index is -0.672. The summed E-state index contributed by atoms with van der Waals surface area (Å²) < 4.78 is 0. The van der Waals surface area contributed by atoms with Crippen LogP contribution in [0.4, 0.5) is 0 Å². The molecule has 128 valence electrons. The maximum atomic E-state index is 10.1. The standard InChI is InChI=1S/C9H18O2.C8H18O2/c1-8(2)6-4-3-5-7-9(10)11;1-7(2,3)9-10-8(4,5)6/h8H,3-7H2,1-2H3,(H,10,11);1-6H3. The van der Waals surface area contributed by atoms with Gasteiger partial charge < -0.3 is 5.11 Å². The van der Waals surface area contributed by atoms with Crippen molar-refractivity contribution in [3.63, 3.8) is 0 Å². The Balaban J connectivity index is 0. The van der Waals surface area contributed by atoms with Crippen molar-refractivity contribution in [2.24, 2.45) is 5.92 Å². The van der Waals surface area contributed by atoms with Crippen molar-refractivity contribution < 1.29 is 19.7 Å². The molecular formula is C17H36O4. The van der Waals surface area contributed by atoms with Crippen LogP contribution in [0.5, 0.6) is 0 Å². The van der Waals surface area contributed by atoms with Crippen LogP contribution in [0.1, 0.15) is 87.5 Å². The monoisotopic (exact) mass is 304 g/mol. The molecule has 0 rings (SSSR count). The molecule has 0 unspecified atom stereocenters. The van der Waals surface area contributed by atoms with E-state index in [4.69, 9.17) is 14.9 Å². The van der Waals surface area contributed by atoms with Crippen LogP contribution in [0.2, 0.25) is 0 Å². The third kappa shape index (κ3) is 28.3. The molecule has 4 nitrogen and oxygen atoms in total. The Morgan fingerprint density at radius 3 is 1.62 bits per heavy atom. The highest BCUT2D eigenvalue weighted by Crippen LogP contribution is 2.14. The predicted octanol–water partition coefficient (Wildman–Crippen LogP) is 5.21. The molecule has 0 spiro atoms. The van der Waals surface area contributed by atoms with Crippen LogP contribution in [-0.2, 0) is 14.6 Å². The Kier molecular flexibility index (Phi) is 11.9. The van der Waals surface area contributed by atoms with E-state index in [1.165, 1.54) is 12.8 Å². The quantitative estimate of drug-likeness (QED) is 0.398. The molecule has 1 N–H and O–H groups in total. The molecule has 0 aromatic rings. The van der Waals surface area contributed by atoms with E-state index in [2.05, 4.69) is 13.8 Å². The Bertz CT molecular complexity index is 245. The van der Waals surface area contributed by atoms with Gasteiger partial charge in [-0.2, -0.15) is 0 Å². The summed E-state index contributed by atoms with van der Waals surface area (Å²) in [6.07, 6.45) is 4.62. The van der Waals surface area contributed by atoms with Crippen LogP contribution in [0.3, 0.4) is 0 Å². The molecule has 0 aliphatic carbocycles. The smallest absolute Gasteiger partial charge is 0.303 e. The number of aliphatic carboxylic acids is 1. The van der Waals surface area contributed by atoms with Gasteiger partial charge in [0, 0.05) is 6.42 Å². The lowest BCUT2D eigenvalue weighted by atomic mass is 10.0. The third-order valence-corrected chi connectivity index (χ3v) is 2.21. The summed E-state index contributed by atoms with van der Waals surface area (Å²) in [4.78, 5) is 20.3. The molecule has 0 aliphatic heterocycles. The zero-order chi connectivity index (χ0) is 17.1. The molecule has 0 aromatic carbocycles. The molecule has 0 saturated heterocycles. The van der Waals surface area contributed by atoms with Crippen molar-refractivity contribution in [2.75, 3.05) is 0 Å². The van der Waals surface area contributed by atoms with Gasteiger partial charge in [-0.1, -0.05) is 33.1 Å². The Labute approximate surface area is 131 Å². The number of carbonyl (C=O) groups is 1. The van der Waals surface area contributed by atoms with Crippen molar-refractivity contribution in [2.45, 2.75) is 98.7 Å². The van der Waals surface area contributed by atoms with Crippen LogP contribution < -0.4 is 0 Å². The summed E-state index contributed by atoms with van der Waals surface area (Å²) in [7, 11) is 0. The van der Waals surface area contributed by atoms with E-state index in [0.29, 0.717) is 6.42 Å². The maximum absolute atomic E-state index is 10.1. The molecule has 21 heavy (non-hydrogen) atoms. The van der Waals surface area contributed by atoms with Gasteiger partial charge in [-0.05, 0) is 53.9 Å². The lowest BCUT2D eigenvalue weighted by Gasteiger charge is -2.24. The van der Waals surface area contributed by atoms with Gasteiger partial charge in [0.05, 0.1) is 11.2 Å². The van der Waals surface area contributed by atoms with E-state index in [9.17, 15) is 4.79 Å². The number of hydrogen-bond acceptors (Lipinski definition) is 3. The Morgan fingerprint density at radius 2 is 1.33 bits per heavy atom. The second-order valence-electron chi connectivity index (χ2n) is 7.78. The van der Waals surface area contributed by atoms with Crippen LogP contribution >= 0.6 is 0 Å². The summed E-state index contributed by atoms with van der Waals surface area (Å²) in [6, 6.07) is 0. The summed E-state index contributed by atoms with van der Waals surface area (Å²) in [5, 5.41) is 8.32. The van der Waals surface area contributed by atoms with E-state index in [-0.39, 0.29) is 11.2 Å². The van der Waals surface area contributed by atoms with Crippen molar-refractivity contribution >= 4 is 5.97 Å². The van der Waals surface area contributed by atoms with E-state index in [0.717, 1.165) is 18.8 Å². The fourth-order valence-electron chi connectivity index (χ4n) is 1.26. The van der Waals surface area contributed by atoms with Crippen LogP contribution in [0, 0.1) is 5.92 Å². The summed E-state index contributed by atoms with van der Waals surface area (Å²) >= 11 is 0. The minimum absolute atomic E-state index is 0.215. The van der Waals surface area contributed by atoms with Crippen LogP contribution in [-0.4, -0.2) is 22.3 Å². The predicted molar refractivity (Wildman–Crippen MR) is 87.2 cm³/mol. The molecule has 0 atom stereocenters. The van der Waals surface area contributed by atoms with Crippen LogP contribution in [0.25, 0.3) is 0 Å². The average Bonchev–Trinajstić information content (AvgIpc) is 2.24. The highest BCUT2D eigenvalue weighted by Gasteiger charge is 2.18.